The Morgan fingerprint density at radius 1 is 0.605 bits per heavy atom. The van der Waals surface area contributed by atoms with E-state index in [-0.39, 0.29) is 0 Å². The Morgan fingerprint density at radius 3 is 1.66 bits per heavy atom. The number of pyridine rings is 2. The fourth-order valence-corrected chi connectivity index (χ4v) is 5.16. The van der Waals surface area contributed by atoms with Crippen LogP contribution in [0.25, 0.3) is 45.1 Å². The number of para-hydroxylation sites is 2. The number of rotatable bonds is 3. The Kier molecular flexibility index (Phi) is 4.45. The summed E-state index contributed by atoms with van der Waals surface area (Å²) in [7, 11) is 0. The van der Waals surface area contributed by atoms with Crippen molar-refractivity contribution in [3.05, 3.63) is 115 Å². The van der Waals surface area contributed by atoms with Crippen LogP contribution in [0.5, 0.6) is 0 Å². The van der Waals surface area contributed by atoms with Gasteiger partial charge in [-0.05, 0) is 41.5 Å². The predicted octanol–water partition coefficient (Wildman–Crippen LogP) is 7.47. The van der Waals surface area contributed by atoms with Crippen molar-refractivity contribution in [3.8, 4) is 22.9 Å². The molecule has 1 aliphatic heterocycles. The van der Waals surface area contributed by atoms with Crippen LogP contribution in [0.3, 0.4) is 0 Å². The van der Waals surface area contributed by atoms with Gasteiger partial charge in [-0.2, -0.15) is 0 Å². The summed E-state index contributed by atoms with van der Waals surface area (Å²) in [6.07, 6.45) is 7.70. The van der Waals surface area contributed by atoms with Gasteiger partial charge in [-0.25, -0.2) is 9.97 Å². The van der Waals surface area contributed by atoms with Crippen LogP contribution >= 0.6 is 0 Å². The van der Waals surface area contributed by atoms with Crippen molar-refractivity contribution in [2.45, 2.75) is 6.42 Å². The average Bonchev–Trinajstić information content (AvgIpc) is 3.60. The Labute approximate surface area is 217 Å². The first kappa shape index (κ1) is 20.8. The van der Waals surface area contributed by atoms with Gasteiger partial charge in [0.1, 0.15) is 11.0 Å². The topological polar surface area (TPSA) is 81.1 Å². The molecule has 7 aromatic rings. The Morgan fingerprint density at radius 2 is 1.13 bits per heavy atom. The summed E-state index contributed by atoms with van der Waals surface area (Å²) < 4.78 is 12.3. The molecule has 0 radical (unpaired) electrons. The van der Waals surface area contributed by atoms with E-state index in [1.165, 1.54) is 11.1 Å². The van der Waals surface area contributed by atoms with Crippen molar-refractivity contribution in [3.63, 3.8) is 0 Å². The van der Waals surface area contributed by atoms with Crippen molar-refractivity contribution < 1.29 is 8.83 Å². The molecule has 1 aliphatic rings. The number of hydrogen-bond donors (Lipinski definition) is 0. The van der Waals surface area contributed by atoms with Crippen LogP contribution < -0.4 is 4.90 Å². The fraction of sp³-hybridized carbons (Fsp3) is 0.0323. The van der Waals surface area contributed by atoms with Gasteiger partial charge in [-0.1, -0.05) is 36.4 Å². The second-order valence-electron chi connectivity index (χ2n) is 9.26. The largest absolute Gasteiger partial charge is 0.436 e. The van der Waals surface area contributed by atoms with E-state index >= 15 is 0 Å². The minimum absolute atomic E-state index is 0.507. The maximum Gasteiger partial charge on any atom is 0.227 e. The van der Waals surface area contributed by atoms with Crippen LogP contribution in [0.4, 0.5) is 17.1 Å². The Balaban J connectivity index is 1.39. The van der Waals surface area contributed by atoms with E-state index in [4.69, 9.17) is 18.8 Å². The van der Waals surface area contributed by atoms with E-state index in [1.54, 1.807) is 24.8 Å². The maximum absolute atomic E-state index is 6.15. The molecule has 0 atom stereocenters. The molecule has 0 saturated heterocycles. The van der Waals surface area contributed by atoms with E-state index in [0.717, 1.165) is 34.6 Å². The average molecular weight is 494 g/mol. The lowest BCUT2D eigenvalue weighted by molar-refractivity contribution is 0.617. The second kappa shape index (κ2) is 8.11. The van der Waals surface area contributed by atoms with Gasteiger partial charge in [-0.15, -0.1) is 0 Å². The third kappa shape index (κ3) is 3.29. The predicted molar refractivity (Wildman–Crippen MR) is 146 cm³/mol. The first-order chi connectivity index (χ1) is 18.8. The molecule has 0 spiro atoms. The molecule has 180 valence electrons. The van der Waals surface area contributed by atoms with Crippen LogP contribution in [-0.4, -0.2) is 19.9 Å². The molecule has 7 heteroatoms. The lowest BCUT2D eigenvalue weighted by Crippen LogP contribution is -2.18. The van der Waals surface area contributed by atoms with Gasteiger partial charge < -0.3 is 13.7 Å². The minimum atomic E-state index is 0.507. The van der Waals surface area contributed by atoms with E-state index < -0.39 is 0 Å². The lowest BCUT2D eigenvalue weighted by atomic mass is 9.94. The molecule has 7 nitrogen and oxygen atoms in total. The van der Waals surface area contributed by atoms with E-state index in [0.29, 0.717) is 34.0 Å². The number of aromatic nitrogens is 4. The fourth-order valence-electron chi connectivity index (χ4n) is 5.16. The van der Waals surface area contributed by atoms with Gasteiger partial charge in [0.15, 0.2) is 11.2 Å². The number of fused-ring (bicyclic) bond motifs is 4. The normalized spacial score (nSPS) is 12.6. The molecule has 4 aromatic heterocycles. The number of hydrogen-bond acceptors (Lipinski definition) is 7. The zero-order valence-corrected chi connectivity index (χ0v) is 20.1. The number of benzene rings is 3. The molecule has 3 aromatic carbocycles. The number of nitrogens with zero attached hydrogens (tertiary/aromatic N) is 5. The van der Waals surface area contributed by atoms with Gasteiger partial charge in [0.2, 0.25) is 11.8 Å². The highest BCUT2D eigenvalue weighted by atomic mass is 16.4. The van der Waals surface area contributed by atoms with Gasteiger partial charge >= 0.3 is 0 Å². The molecular formula is C31H19N5O2. The first-order valence-electron chi connectivity index (χ1n) is 12.3. The molecular weight excluding hydrogens is 474 g/mol. The first-order valence-corrected chi connectivity index (χ1v) is 12.3. The highest BCUT2D eigenvalue weighted by Gasteiger charge is 2.25. The van der Waals surface area contributed by atoms with Gasteiger partial charge in [0.25, 0.3) is 0 Å². The SMILES string of the molecule is c1ccc2c(c1)Cc1ccccc1N2c1cc(-c2nc3cnccc3o2)cc(-c2nc3cnccc3o2)c1. The third-order valence-corrected chi connectivity index (χ3v) is 6.90. The van der Waals surface area contributed by atoms with Crippen LogP contribution in [0.15, 0.2) is 112 Å². The van der Waals surface area contributed by atoms with Crippen molar-refractivity contribution in [2.24, 2.45) is 0 Å². The van der Waals surface area contributed by atoms with Crippen LogP contribution in [0, 0.1) is 0 Å². The molecule has 0 N–H and O–H groups in total. The van der Waals surface area contributed by atoms with E-state index in [1.807, 2.05) is 18.2 Å². The van der Waals surface area contributed by atoms with Crippen LogP contribution in [-0.2, 0) is 6.42 Å². The van der Waals surface area contributed by atoms with Crippen molar-refractivity contribution in [1.82, 2.24) is 19.9 Å². The second-order valence-corrected chi connectivity index (χ2v) is 9.26. The summed E-state index contributed by atoms with van der Waals surface area (Å²) in [5.74, 6) is 1.01. The van der Waals surface area contributed by atoms with Gasteiger partial charge in [-0.3, -0.25) is 9.97 Å². The molecule has 0 amide bonds. The number of oxazole rings is 2. The maximum atomic E-state index is 6.15. The minimum Gasteiger partial charge on any atom is -0.436 e. The quantitative estimate of drug-likeness (QED) is 0.252. The Hall–Kier alpha value is -5.30. The summed E-state index contributed by atoms with van der Waals surface area (Å²) >= 11 is 0. The monoisotopic (exact) mass is 493 g/mol. The molecule has 8 rings (SSSR count). The van der Waals surface area contributed by atoms with Crippen LogP contribution in [0.2, 0.25) is 0 Å². The highest BCUT2D eigenvalue weighted by molar-refractivity contribution is 5.88. The van der Waals surface area contributed by atoms with Gasteiger partial charge in [0.05, 0.1) is 12.4 Å². The molecule has 0 unspecified atom stereocenters. The molecule has 0 fully saturated rings. The zero-order chi connectivity index (χ0) is 25.1. The molecule has 5 heterocycles. The van der Waals surface area contributed by atoms with Crippen molar-refractivity contribution in [1.29, 1.82) is 0 Å². The summed E-state index contributed by atoms with van der Waals surface area (Å²) in [5, 5.41) is 0. The van der Waals surface area contributed by atoms with Crippen LogP contribution in [0.1, 0.15) is 11.1 Å². The smallest absolute Gasteiger partial charge is 0.227 e. The summed E-state index contributed by atoms with van der Waals surface area (Å²) in [6.45, 7) is 0. The van der Waals surface area contributed by atoms with Crippen molar-refractivity contribution >= 4 is 39.3 Å². The van der Waals surface area contributed by atoms with E-state index in [2.05, 4.69) is 75.5 Å². The van der Waals surface area contributed by atoms with E-state index in [9.17, 15) is 0 Å². The summed E-state index contributed by atoms with van der Waals surface area (Å²) in [6, 6.07) is 26.9. The molecule has 0 bridgehead atoms. The lowest BCUT2D eigenvalue weighted by Gasteiger charge is -2.33. The number of anilines is 3. The molecule has 0 aliphatic carbocycles. The third-order valence-electron chi connectivity index (χ3n) is 6.90. The van der Waals surface area contributed by atoms with Gasteiger partial charge in [0, 0.05) is 59.1 Å². The van der Waals surface area contributed by atoms with Crippen molar-refractivity contribution in [2.75, 3.05) is 4.90 Å². The standard InChI is InChI=1S/C31H19N5O2/c1-3-7-26-19(5-1)13-20-6-2-4-8-27(20)36(26)23-15-21(30-34-24-17-32-11-9-28(24)37-30)14-22(16-23)31-35-25-18-33-12-10-29(25)38-31/h1-12,14-18H,13H2. The Bertz CT molecular complexity index is 1790. The molecule has 0 saturated carbocycles. The zero-order valence-electron chi connectivity index (χ0n) is 20.1. The highest BCUT2D eigenvalue weighted by Crippen LogP contribution is 2.45. The summed E-state index contributed by atoms with van der Waals surface area (Å²) in [4.78, 5) is 20.1. The molecule has 38 heavy (non-hydrogen) atoms. The summed E-state index contributed by atoms with van der Waals surface area (Å²) in [5.41, 5.74) is 10.2.